The summed E-state index contributed by atoms with van der Waals surface area (Å²) in [6, 6.07) is 77.7. The van der Waals surface area contributed by atoms with E-state index in [0.29, 0.717) is 17.5 Å². The molecular formula is C51H36N4S. The molecule has 0 aliphatic heterocycles. The first-order chi connectivity index (χ1) is 27.8. The Balaban J connectivity index is 1.18. The van der Waals surface area contributed by atoms with Gasteiger partial charge in [0.25, 0.3) is 0 Å². The van der Waals surface area contributed by atoms with E-state index >= 15 is 0 Å². The van der Waals surface area contributed by atoms with Gasteiger partial charge in [-0.15, -0.1) is 10.0 Å². The summed E-state index contributed by atoms with van der Waals surface area (Å²) in [7, 11) is -2.00. The highest BCUT2D eigenvalue weighted by molar-refractivity contribution is 8.34. The van der Waals surface area contributed by atoms with E-state index in [1.807, 2.05) is 60.7 Å². The molecule has 4 nitrogen and oxygen atoms in total. The summed E-state index contributed by atoms with van der Waals surface area (Å²) in [5.74, 6) is 1.93. The molecule has 0 amide bonds. The fourth-order valence-electron chi connectivity index (χ4n) is 7.83. The third kappa shape index (κ3) is 5.77. The van der Waals surface area contributed by atoms with Crippen molar-refractivity contribution in [3.63, 3.8) is 0 Å². The molecule has 0 bridgehead atoms. The van der Waals surface area contributed by atoms with Gasteiger partial charge < -0.3 is 4.57 Å². The van der Waals surface area contributed by atoms with Crippen molar-refractivity contribution in [3.05, 3.63) is 218 Å². The van der Waals surface area contributed by atoms with E-state index in [1.54, 1.807) is 0 Å². The summed E-state index contributed by atoms with van der Waals surface area (Å²) in [5.41, 5.74) is 6.34. The van der Waals surface area contributed by atoms with E-state index < -0.39 is 10.0 Å². The topological polar surface area (TPSA) is 43.6 Å². The molecule has 56 heavy (non-hydrogen) atoms. The van der Waals surface area contributed by atoms with E-state index in [0.717, 1.165) is 22.4 Å². The smallest absolute Gasteiger partial charge is 0.164 e. The predicted octanol–water partition coefficient (Wildman–Crippen LogP) is 13.3. The summed E-state index contributed by atoms with van der Waals surface area (Å²) in [5, 5.41) is 2.50. The Labute approximate surface area is 327 Å². The van der Waals surface area contributed by atoms with Gasteiger partial charge in [0.2, 0.25) is 0 Å². The summed E-state index contributed by atoms with van der Waals surface area (Å²) in [6.45, 7) is 0. The van der Waals surface area contributed by atoms with Crippen molar-refractivity contribution in [2.45, 2.75) is 19.6 Å². The monoisotopic (exact) mass is 736 g/mol. The number of hydrogen-bond acceptors (Lipinski definition) is 3. The molecule has 2 aromatic heterocycles. The summed E-state index contributed by atoms with van der Waals surface area (Å²) >= 11 is 0. The van der Waals surface area contributed by atoms with Crippen molar-refractivity contribution in [2.75, 3.05) is 0 Å². The van der Waals surface area contributed by atoms with E-state index in [2.05, 4.69) is 162 Å². The lowest BCUT2D eigenvalue weighted by molar-refractivity contribution is 1.07. The molecule has 0 N–H and O–H groups in total. The third-order valence-corrected chi connectivity index (χ3v) is 14.3. The van der Waals surface area contributed by atoms with Gasteiger partial charge in [-0.05, 0) is 66.7 Å². The quantitative estimate of drug-likeness (QED) is 0.156. The molecule has 5 heteroatoms. The second-order valence-electron chi connectivity index (χ2n) is 13.7. The van der Waals surface area contributed by atoms with Crippen LogP contribution in [0.3, 0.4) is 0 Å². The van der Waals surface area contributed by atoms with Crippen LogP contribution in [0, 0.1) is 0 Å². The van der Waals surface area contributed by atoms with Crippen LogP contribution in [0.2, 0.25) is 0 Å². The average molecular weight is 737 g/mol. The number of para-hydroxylation sites is 2. The molecule has 0 atom stereocenters. The van der Waals surface area contributed by atoms with Crippen molar-refractivity contribution in [1.82, 2.24) is 19.5 Å². The molecule has 0 radical (unpaired) electrons. The minimum Gasteiger partial charge on any atom is -0.309 e. The summed E-state index contributed by atoms with van der Waals surface area (Å²) in [4.78, 5) is 20.0. The minimum absolute atomic E-state index is 0.637. The zero-order valence-corrected chi connectivity index (χ0v) is 31.3. The number of rotatable bonds is 8. The lowest BCUT2D eigenvalue weighted by atomic mass is 10.1. The Hall–Kier alpha value is -7.08. The van der Waals surface area contributed by atoms with Crippen LogP contribution < -0.4 is 0 Å². The van der Waals surface area contributed by atoms with E-state index in [4.69, 9.17) is 15.0 Å². The van der Waals surface area contributed by atoms with Crippen molar-refractivity contribution < 1.29 is 0 Å². The van der Waals surface area contributed by atoms with Gasteiger partial charge >= 0.3 is 0 Å². The maximum absolute atomic E-state index is 5.04. The highest BCUT2D eigenvalue weighted by atomic mass is 32.3. The molecular weight excluding hydrogens is 701 g/mol. The predicted molar refractivity (Wildman–Crippen MR) is 230 cm³/mol. The number of aromatic nitrogens is 4. The van der Waals surface area contributed by atoms with Crippen molar-refractivity contribution in [3.8, 4) is 39.9 Å². The van der Waals surface area contributed by atoms with Gasteiger partial charge in [-0.1, -0.05) is 152 Å². The molecule has 10 aromatic rings. The van der Waals surface area contributed by atoms with Gasteiger partial charge in [0.1, 0.15) is 0 Å². The standard InChI is InChI=1S/C51H36N4S/c1-5-18-37(19-6-1)49-52-50(38-20-7-2-8-21-38)54-51(53-49)39-32-34-43(35-33-39)56(41-23-9-3-10-24-41,42-25-11-4-12-26-42)44-27-17-22-40(36-44)55-47-30-15-13-28-45(47)46-29-14-16-31-48(46)55/h1-36H. The SMILES string of the molecule is c1ccc(-c2nc(-c3ccccc3)nc(-c3ccc(S(c4ccccc4)(c4ccccc4)c4cccc(-n5c6ccccc6c6ccccc65)c4)cc3)n2)cc1. The van der Waals surface area contributed by atoms with Gasteiger partial charge in [0.15, 0.2) is 17.5 Å². The molecule has 0 spiro atoms. The maximum Gasteiger partial charge on any atom is 0.164 e. The normalized spacial score (nSPS) is 11.9. The molecule has 0 aliphatic carbocycles. The van der Waals surface area contributed by atoms with Crippen LogP contribution in [-0.4, -0.2) is 19.5 Å². The highest BCUT2D eigenvalue weighted by Gasteiger charge is 2.34. The molecule has 0 saturated carbocycles. The number of benzene rings is 8. The first kappa shape index (κ1) is 33.5. The van der Waals surface area contributed by atoms with E-state index in [1.165, 1.54) is 41.4 Å². The van der Waals surface area contributed by atoms with Crippen LogP contribution >= 0.6 is 10.0 Å². The molecule has 8 aromatic carbocycles. The molecule has 0 aliphatic rings. The average Bonchev–Trinajstić information content (AvgIpc) is 3.63. The first-order valence-corrected chi connectivity index (χ1v) is 20.4. The van der Waals surface area contributed by atoms with Crippen LogP contribution in [-0.2, 0) is 0 Å². The van der Waals surface area contributed by atoms with Crippen molar-refractivity contribution in [1.29, 1.82) is 0 Å². The van der Waals surface area contributed by atoms with Crippen LogP contribution in [0.1, 0.15) is 0 Å². The molecule has 10 rings (SSSR count). The summed E-state index contributed by atoms with van der Waals surface area (Å²) < 4.78 is 2.41. The van der Waals surface area contributed by atoms with E-state index in [-0.39, 0.29) is 0 Å². The number of fused-ring (bicyclic) bond motifs is 3. The fraction of sp³-hybridized carbons (Fsp3) is 0. The van der Waals surface area contributed by atoms with Gasteiger partial charge in [-0.25, -0.2) is 15.0 Å². The maximum atomic E-state index is 5.04. The first-order valence-electron chi connectivity index (χ1n) is 18.8. The lowest BCUT2D eigenvalue weighted by Crippen LogP contribution is -2.06. The Morgan fingerprint density at radius 1 is 0.304 bits per heavy atom. The fourth-order valence-corrected chi connectivity index (χ4v) is 11.7. The summed E-state index contributed by atoms with van der Waals surface area (Å²) in [6.07, 6.45) is 0. The lowest BCUT2D eigenvalue weighted by Gasteiger charge is -2.42. The zero-order chi connectivity index (χ0) is 37.3. The van der Waals surface area contributed by atoms with Crippen LogP contribution in [0.5, 0.6) is 0 Å². The molecule has 0 unspecified atom stereocenters. The van der Waals surface area contributed by atoms with Gasteiger partial charge in [0.05, 0.1) is 11.0 Å². The van der Waals surface area contributed by atoms with Crippen molar-refractivity contribution >= 4 is 31.8 Å². The van der Waals surface area contributed by atoms with Crippen LogP contribution in [0.25, 0.3) is 61.7 Å². The van der Waals surface area contributed by atoms with Gasteiger partial charge in [-0.3, -0.25) is 0 Å². The Morgan fingerprint density at radius 2 is 0.679 bits per heavy atom. The number of nitrogens with zero attached hydrogens (tertiary/aromatic N) is 4. The second kappa shape index (κ2) is 14.3. The third-order valence-electron chi connectivity index (χ3n) is 10.4. The van der Waals surface area contributed by atoms with Gasteiger partial charge in [-0.2, -0.15) is 0 Å². The molecule has 0 saturated heterocycles. The molecule has 266 valence electrons. The zero-order valence-electron chi connectivity index (χ0n) is 30.5. The van der Waals surface area contributed by atoms with E-state index in [9.17, 15) is 0 Å². The minimum atomic E-state index is -2.00. The Morgan fingerprint density at radius 3 is 1.16 bits per heavy atom. The Bertz CT molecular complexity index is 2800. The molecule has 0 fully saturated rings. The second-order valence-corrected chi connectivity index (χ2v) is 16.8. The highest BCUT2D eigenvalue weighted by Crippen LogP contribution is 2.73. The Kier molecular flexibility index (Phi) is 8.55. The van der Waals surface area contributed by atoms with Crippen LogP contribution in [0.4, 0.5) is 0 Å². The largest absolute Gasteiger partial charge is 0.309 e. The van der Waals surface area contributed by atoms with Crippen molar-refractivity contribution in [2.24, 2.45) is 0 Å². The molecule has 2 heterocycles. The van der Waals surface area contributed by atoms with Gasteiger partial charge in [0, 0.05) is 52.7 Å². The van der Waals surface area contributed by atoms with Crippen LogP contribution in [0.15, 0.2) is 238 Å². The number of hydrogen-bond donors (Lipinski definition) is 0.